The molecule has 1 aliphatic heterocycles. The lowest BCUT2D eigenvalue weighted by atomic mass is 9.97. The maximum absolute atomic E-state index is 13.0. The van der Waals surface area contributed by atoms with E-state index in [1.165, 1.54) is 0 Å². The number of benzene rings is 1. The molecule has 3 rings (SSSR count). The van der Waals surface area contributed by atoms with Crippen molar-refractivity contribution in [1.29, 1.82) is 0 Å². The molecular weight excluding hydrogens is 386 g/mol. The first-order valence-corrected chi connectivity index (χ1v) is 10.8. The molecule has 2 atom stereocenters. The minimum absolute atomic E-state index is 0.0554. The molecule has 1 aromatic heterocycles. The first kappa shape index (κ1) is 21.5. The van der Waals surface area contributed by atoms with Crippen LogP contribution in [0.2, 0.25) is 5.02 Å². The summed E-state index contributed by atoms with van der Waals surface area (Å²) in [5, 5.41) is 3.93. The fourth-order valence-corrected chi connectivity index (χ4v) is 4.28. The van der Waals surface area contributed by atoms with Gasteiger partial charge in [0.1, 0.15) is 0 Å². The molecular formula is C22H30ClN5O. The molecule has 1 N–H and O–H groups in total. The van der Waals surface area contributed by atoms with Gasteiger partial charge in [0, 0.05) is 37.1 Å². The molecule has 29 heavy (non-hydrogen) atoms. The fraction of sp³-hybridized carbons (Fsp3) is 0.500. The van der Waals surface area contributed by atoms with Crippen molar-refractivity contribution in [2.24, 2.45) is 5.92 Å². The molecule has 6 nitrogen and oxygen atoms in total. The van der Waals surface area contributed by atoms with Crippen molar-refractivity contribution < 1.29 is 4.79 Å². The number of aromatic nitrogens is 2. The summed E-state index contributed by atoms with van der Waals surface area (Å²) < 4.78 is 0. The molecule has 0 radical (unpaired) electrons. The SMILES string of the molecule is CCN(CC)C(CNC(=O)C1CCCN(c2ncccn2)C1)c1ccccc1Cl. The Labute approximate surface area is 178 Å². The highest BCUT2D eigenvalue weighted by Crippen LogP contribution is 2.27. The molecule has 1 amide bonds. The van der Waals surface area contributed by atoms with E-state index < -0.39 is 0 Å². The lowest BCUT2D eigenvalue weighted by Crippen LogP contribution is -2.46. The highest BCUT2D eigenvalue weighted by molar-refractivity contribution is 6.31. The van der Waals surface area contributed by atoms with Gasteiger partial charge >= 0.3 is 0 Å². The van der Waals surface area contributed by atoms with Crippen LogP contribution in [0, 0.1) is 5.92 Å². The van der Waals surface area contributed by atoms with Gasteiger partial charge < -0.3 is 10.2 Å². The lowest BCUT2D eigenvalue weighted by molar-refractivity contribution is -0.125. The van der Waals surface area contributed by atoms with E-state index in [0.29, 0.717) is 19.0 Å². The van der Waals surface area contributed by atoms with E-state index in [1.54, 1.807) is 18.5 Å². The number of amides is 1. The fourth-order valence-electron chi connectivity index (χ4n) is 4.01. The Morgan fingerprint density at radius 1 is 1.24 bits per heavy atom. The Morgan fingerprint density at radius 3 is 2.66 bits per heavy atom. The van der Waals surface area contributed by atoms with E-state index in [0.717, 1.165) is 43.1 Å². The third kappa shape index (κ3) is 5.46. The number of nitrogens with zero attached hydrogens (tertiary/aromatic N) is 4. The van der Waals surface area contributed by atoms with Crippen molar-refractivity contribution in [2.45, 2.75) is 32.7 Å². The second-order valence-electron chi connectivity index (χ2n) is 7.34. The van der Waals surface area contributed by atoms with Crippen molar-refractivity contribution in [3.05, 3.63) is 53.3 Å². The maximum Gasteiger partial charge on any atom is 0.225 e. The number of likely N-dealkylation sites (N-methyl/N-ethyl adjacent to an activating group) is 1. The smallest absolute Gasteiger partial charge is 0.225 e. The second-order valence-corrected chi connectivity index (χ2v) is 7.74. The molecule has 2 heterocycles. The summed E-state index contributed by atoms with van der Waals surface area (Å²) in [6.45, 7) is 8.13. The van der Waals surface area contributed by atoms with Gasteiger partial charge in [-0.05, 0) is 43.6 Å². The number of hydrogen-bond donors (Lipinski definition) is 1. The number of hydrogen-bond acceptors (Lipinski definition) is 5. The van der Waals surface area contributed by atoms with Gasteiger partial charge in [-0.2, -0.15) is 0 Å². The van der Waals surface area contributed by atoms with Gasteiger partial charge in [0.05, 0.1) is 12.0 Å². The Morgan fingerprint density at radius 2 is 1.97 bits per heavy atom. The van der Waals surface area contributed by atoms with Crippen molar-refractivity contribution >= 4 is 23.5 Å². The van der Waals surface area contributed by atoms with Crippen LogP contribution in [0.15, 0.2) is 42.7 Å². The number of carbonyl (C=O) groups is 1. The third-order valence-corrected chi connectivity index (χ3v) is 5.96. The summed E-state index contributed by atoms with van der Waals surface area (Å²) in [6, 6.07) is 9.75. The quantitative estimate of drug-likeness (QED) is 0.714. The molecule has 156 valence electrons. The maximum atomic E-state index is 13.0. The summed E-state index contributed by atoms with van der Waals surface area (Å²) in [4.78, 5) is 26.0. The van der Waals surface area contributed by atoms with Gasteiger partial charge in [-0.25, -0.2) is 9.97 Å². The highest BCUT2D eigenvalue weighted by atomic mass is 35.5. The summed E-state index contributed by atoms with van der Waals surface area (Å²) in [5.74, 6) is 0.730. The normalized spacial score (nSPS) is 17.9. The van der Waals surface area contributed by atoms with Crippen molar-refractivity contribution in [3.8, 4) is 0 Å². The van der Waals surface area contributed by atoms with Crippen LogP contribution in [0.5, 0.6) is 0 Å². The van der Waals surface area contributed by atoms with Crippen molar-refractivity contribution in [3.63, 3.8) is 0 Å². The topological polar surface area (TPSA) is 61.4 Å². The number of piperidine rings is 1. The van der Waals surface area contributed by atoms with Crippen molar-refractivity contribution in [1.82, 2.24) is 20.2 Å². The van der Waals surface area contributed by atoms with E-state index in [9.17, 15) is 4.79 Å². The predicted molar refractivity (Wildman–Crippen MR) is 117 cm³/mol. The Balaban J connectivity index is 1.66. The summed E-state index contributed by atoms with van der Waals surface area (Å²) in [5.41, 5.74) is 1.06. The van der Waals surface area contributed by atoms with Gasteiger partial charge in [0.25, 0.3) is 0 Å². The molecule has 1 fully saturated rings. The average molecular weight is 416 g/mol. The molecule has 1 aliphatic rings. The Bertz CT molecular complexity index is 784. The summed E-state index contributed by atoms with van der Waals surface area (Å²) >= 11 is 6.47. The standard InChI is InChI=1S/C22H30ClN5O/c1-3-27(4-2)20(18-10-5-6-11-19(18)23)15-26-21(29)17-9-7-14-28(16-17)22-24-12-8-13-25-22/h5-6,8,10-13,17,20H,3-4,7,9,14-16H2,1-2H3,(H,26,29). The zero-order chi connectivity index (χ0) is 20.6. The minimum atomic E-state index is -0.0591. The largest absolute Gasteiger partial charge is 0.354 e. The molecule has 0 bridgehead atoms. The molecule has 1 saturated heterocycles. The third-order valence-electron chi connectivity index (χ3n) is 5.61. The van der Waals surface area contributed by atoms with Crippen LogP contribution in [0.4, 0.5) is 5.95 Å². The van der Waals surface area contributed by atoms with E-state index in [2.05, 4.69) is 38.9 Å². The first-order chi connectivity index (χ1) is 14.1. The number of carbonyl (C=O) groups excluding carboxylic acids is 1. The second kappa shape index (κ2) is 10.6. The summed E-state index contributed by atoms with van der Waals surface area (Å²) in [6.07, 6.45) is 5.33. The van der Waals surface area contributed by atoms with Crippen LogP contribution < -0.4 is 10.2 Å². The van der Waals surface area contributed by atoms with Crippen LogP contribution in [0.1, 0.15) is 38.3 Å². The number of nitrogens with one attached hydrogen (secondary N) is 1. The Kier molecular flexibility index (Phi) is 7.83. The number of anilines is 1. The zero-order valence-electron chi connectivity index (χ0n) is 17.2. The van der Waals surface area contributed by atoms with Gasteiger partial charge in [-0.3, -0.25) is 9.69 Å². The van der Waals surface area contributed by atoms with E-state index in [-0.39, 0.29) is 17.9 Å². The molecule has 0 saturated carbocycles. The minimum Gasteiger partial charge on any atom is -0.354 e. The Hall–Kier alpha value is -2.18. The molecule has 1 aromatic carbocycles. The highest BCUT2D eigenvalue weighted by Gasteiger charge is 2.28. The first-order valence-electron chi connectivity index (χ1n) is 10.4. The van der Waals surface area contributed by atoms with Crippen molar-refractivity contribution in [2.75, 3.05) is 37.6 Å². The number of rotatable bonds is 8. The van der Waals surface area contributed by atoms with Gasteiger partial charge in [-0.1, -0.05) is 43.6 Å². The zero-order valence-corrected chi connectivity index (χ0v) is 18.0. The lowest BCUT2D eigenvalue weighted by Gasteiger charge is -2.34. The molecule has 0 spiro atoms. The van der Waals surface area contributed by atoms with Gasteiger partial charge in [-0.15, -0.1) is 0 Å². The van der Waals surface area contributed by atoms with Crippen LogP contribution in [0.3, 0.4) is 0 Å². The van der Waals surface area contributed by atoms with Gasteiger partial charge in [0.2, 0.25) is 11.9 Å². The van der Waals surface area contributed by atoms with Gasteiger partial charge in [0.15, 0.2) is 0 Å². The average Bonchev–Trinajstić information content (AvgIpc) is 2.78. The van der Waals surface area contributed by atoms with Crippen LogP contribution in [-0.2, 0) is 4.79 Å². The van der Waals surface area contributed by atoms with E-state index in [1.807, 2.05) is 24.3 Å². The van der Waals surface area contributed by atoms with Crippen LogP contribution >= 0.6 is 11.6 Å². The summed E-state index contributed by atoms with van der Waals surface area (Å²) in [7, 11) is 0. The monoisotopic (exact) mass is 415 g/mol. The molecule has 7 heteroatoms. The van der Waals surface area contributed by atoms with E-state index in [4.69, 9.17) is 11.6 Å². The predicted octanol–water partition coefficient (Wildman–Crippen LogP) is 3.55. The van der Waals surface area contributed by atoms with Crippen LogP contribution in [-0.4, -0.2) is 53.5 Å². The number of halogens is 1. The molecule has 2 aromatic rings. The molecule has 0 aliphatic carbocycles. The van der Waals surface area contributed by atoms with E-state index >= 15 is 0 Å². The molecule has 2 unspecified atom stereocenters. The van der Waals surface area contributed by atoms with Crippen LogP contribution in [0.25, 0.3) is 0 Å².